The molecule has 3 N–H and O–H groups in total. The maximum atomic E-state index is 11.5. The number of thioether (sulfide) groups is 1. The van der Waals surface area contributed by atoms with Gasteiger partial charge >= 0.3 is 0 Å². The summed E-state index contributed by atoms with van der Waals surface area (Å²) in [5.74, 6) is 0.696. The molecular formula is C12H16N2O3S. The van der Waals surface area contributed by atoms with Crippen LogP contribution < -0.4 is 15.8 Å². The number of nitrogens with one attached hydrogen (secondary N) is 1. The maximum Gasteiger partial charge on any atom is 0.255 e. The van der Waals surface area contributed by atoms with E-state index in [0.29, 0.717) is 17.9 Å². The van der Waals surface area contributed by atoms with Crippen LogP contribution in [0, 0.1) is 0 Å². The van der Waals surface area contributed by atoms with Gasteiger partial charge < -0.3 is 15.8 Å². The Balaban J connectivity index is 2.53. The Labute approximate surface area is 110 Å². The van der Waals surface area contributed by atoms with Gasteiger partial charge in [0.05, 0.1) is 0 Å². The van der Waals surface area contributed by atoms with E-state index in [4.69, 9.17) is 10.5 Å². The number of anilines is 1. The molecule has 1 aromatic carbocycles. The molecule has 1 aromatic rings. The summed E-state index contributed by atoms with van der Waals surface area (Å²) in [5.41, 5.74) is 5.62. The van der Waals surface area contributed by atoms with E-state index in [-0.39, 0.29) is 12.5 Å². The van der Waals surface area contributed by atoms with Crippen molar-refractivity contribution >= 4 is 29.3 Å². The van der Waals surface area contributed by atoms with E-state index in [1.807, 2.05) is 6.26 Å². The fourth-order valence-electron chi connectivity index (χ4n) is 1.24. The second-order valence-electron chi connectivity index (χ2n) is 3.57. The van der Waals surface area contributed by atoms with Gasteiger partial charge in [0.2, 0.25) is 5.91 Å². The molecule has 0 aliphatic heterocycles. The molecule has 0 heterocycles. The Morgan fingerprint density at radius 2 is 2.22 bits per heavy atom. The Hall–Kier alpha value is -1.69. The van der Waals surface area contributed by atoms with Gasteiger partial charge in [0.1, 0.15) is 5.75 Å². The molecule has 1 rings (SSSR count). The second-order valence-corrected chi connectivity index (χ2v) is 4.56. The number of carbonyl (C=O) groups excluding carboxylic acids is 2. The van der Waals surface area contributed by atoms with Crippen LogP contribution in [-0.4, -0.2) is 30.4 Å². The highest BCUT2D eigenvalue weighted by Gasteiger charge is 2.03. The van der Waals surface area contributed by atoms with Crippen LogP contribution in [0.4, 0.5) is 5.69 Å². The minimum Gasteiger partial charge on any atom is -0.484 e. The third kappa shape index (κ3) is 5.58. The van der Waals surface area contributed by atoms with Crippen LogP contribution >= 0.6 is 11.8 Å². The average molecular weight is 268 g/mol. The third-order valence-electron chi connectivity index (χ3n) is 2.03. The molecule has 98 valence electrons. The van der Waals surface area contributed by atoms with Gasteiger partial charge in [-0.25, -0.2) is 0 Å². The van der Waals surface area contributed by atoms with Crippen molar-refractivity contribution in [3.63, 3.8) is 0 Å². The van der Waals surface area contributed by atoms with Gasteiger partial charge in [0.15, 0.2) is 6.61 Å². The molecule has 0 unspecified atom stereocenters. The van der Waals surface area contributed by atoms with E-state index in [1.165, 1.54) is 0 Å². The Bertz CT molecular complexity index is 424. The number of nitrogens with two attached hydrogens (primary N) is 1. The van der Waals surface area contributed by atoms with Crippen molar-refractivity contribution in [2.45, 2.75) is 6.42 Å². The van der Waals surface area contributed by atoms with Gasteiger partial charge in [0, 0.05) is 23.9 Å². The summed E-state index contributed by atoms with van der Waals surface area (Å²) in [6.45, 7) is -0.177. The number of amides is 2. The number of benzene rings is 1. The Morgan fingerprint density at radius 1 is 1.44 bits per heavy atom. The summed E-state index contributed by atoms with van der Waals surface area (Å²) in [7, 11) is 0. The van der Waals surface area contributed by atoms with E-state index in [9.17, 15) is 9.59 Å². The van der Waals surface area contributed by atoms with Gasteiger partial charge in [-0.15, -0.1) is 0 Å². The number of hydrogen-bond donors (Lipinski definition) is 2. The summed E-state index contributed by atoms with van der Waals surface area (Å²) in [5, 5.41) is 2.76. The highest BCUT2D eigenvalue weighted by atomic mass is 32.2. The Kier molecular flexibility index (Phi) is 6.07. The molecule has 6 heteroatoms. The van der Waals surface area contributed by atoms with Crippen LogP contribution in [0.25, 0.3) is 0 Å². The molecule has 0 aromatic heterocycles. The molecule has 0 spiro atoms. The molecule has 0 saturated carbocycles. The number of carbonyl (C=O) groups is 2. The molecular weight excluding hydrogens is 252 g/mol. The van der Waals surface area contributed by atoms with E-state index in [2.05, 4.69) is 5.32 Å². The summed E-state index contributed by atoms with van der Waals surface area (Å²) < 4.78 is 5.14. The molecule has 0 aliphatic rings. The number of ether oxygens (including phenoxy) is 1. The molecule has 18 heavy (non-hydrogen) atoms. The maximum absolute atomic E-state index is 11.5. The summed E-state index contributed by atoms with van der Waals surface area (Å²) in [6, 6.07) is 6.84. The monoisotopic (exact) mass is 268 g/mol. The zero-order chi connectivity index (χ0) is 13.4. The molecule has 5 nitrogen and oxygen atoms in total. The molecule has 0 aliphatic carbocycles. The van der Waals surface area contributed by atoms with E-state index >= 15 is 0 Å². The van der Waals surface area contributed by atoms with Gasteiger partial charge in [-0.1, -0.05) is 6.07 Å². The quantitative estimate of drug-likeness (QED) is 0.779. The minimum atomic E-state index is -0.538. The summed E-state index contributed by atoms with van der Waals surface area (Å²) in [4.78, 5) is 22.1. The van der Waals surface area contributed by atoms with Gasteiger partial charge in [-0.2, -0.15) is 11.8 Å². The van der Waals surface area contributed by atoms with Crippen LogP contribution in [0.15, 0.2) is 24.3 Å². The third-order valence-corrected chi connectivity index (χ3v) is 2.64. The first kappa shape index (κ1) is 14.4. The first-order chi connectivity index (χ1) is 8.61. The van der Waals surface area contributed by atoms with Crippen molar-refractivity contribution in [2.24, 2.45) is 5.73 Å². The molecule has 0 saturated heterocycles. The molecule has 0 fully saturated rings. The van der Waals surface area contributed by atoms with Crippen LogP contribution in [0.5, 0.6) is 5.75 Å². The average Bonchev–Trinajstić information content (AvgIpc) is 2.34. The summed E-state index contributed by atoms with van der Waals surface area (Å²) in [6.07, 6.45) is 2.42. The van der Waals surface area contributed by atoms with Gasteiger partial charge in [-0.05, 0) is 18.4 Å². The van der Waals surface area contributed by atoms with Crippen LogP contribution in [0.2, 0.25) is 0 Å². The van der Waals surface area contributed by atoms with Crippen molar-refractivity contribution in [1.29, 1.82) is 0 Å². The molecule has 0 atom stereocenters. The van der Waals surface area contributed by atoms with E-state index < -0.39 is 5.91 Å². The van der Waals surface area contributed by atoms with Crippen LogP contribution in [-0.2, 0) is 9.59 Å². The topological polar surface area (TPSA) is 81.4 Å². The molecule has 0 radical (unpaired) electrons. The largest absolute Gasteiger partial charge is 0.484 e. The highest BCUT2D eigenvalue weighted by Crippen LogP contribution is 2.17. The predicted octanol–water partition coefficient (Wildman–Crippen LogP) is 1.24. The van der Waals surface area contributed by atoms with E-state index in [1.54, 1.807) is 36.0 Å². The minimum absolute atomic E-state index is 0.0450. The summed E-state index contributed by atoms with van der Waals surface area (Å²) >= 11 is 1.62. The first-order valence-corrected chi connectivity index (χ1v) is 6.81. The second kappa shape index (κ2) is 7.60. The lowest BCUT2D eigenvalue weighted by molar-refractivity contribution is -0.120. The van der Waals surface area contributed by atoms with Crippen molar-refractivity contribution < 1.29 is 14.3 Å². The number of hydrogen-bond acceptors (Lipinski definition) is 4. The fraction of sp³-hybridized carbons (Fsp3) is 0.333. The van der Waals surface area contributed by atoms with Crippen LogP contribution in [0.3, 0.4) is 0 Å². The lowest BCUT2D eigenvalue weighted by atomic mass is 10.3. The lowest BCUT2D eigenvalue weighted by Gasteiger charge is -2.07. The number of rotatable bonds is 7. The lowest BCUT2D eigenvalue weighted by Crippen LogP contribution is -2.20. The Morgan fingerprint density at radius 3 is 2.89 bits per heavy atom. The van der Waals surface area contributed by atoms with E-state index in [0.717, 1.165) is 5.75 Å². The first-order valence-electron chi connectivity index (χ1n) is 5.42. The standard InChI is InChI=1S/C12H16N2O3S/c1-18-6-5-12(16)14-9-3-2-4-10(7-9)17-8-11(13)15/h2-4,7H,5-6,8H2,1H3,(H2,13,15)(H,14,16). The zero-order valence-electron chi connectivity index (χ0n) is 10.1. The normalized spacial score (nSPS) is 9.83. The fourth-order valence-corrected chi connectivity index (χ4v) is 1.63. The number of primary amides is 1. The van der Waals surface area contributed by atoms with Gasteiger partial charge in [0.25, 0.3) is 5.91 Å². The molecule has 0 bridgehead atoms. The van der Waals surface area contributed by atoms with Crippen molar-refractivity contribution in [2.75, 3.05) is 23.9 Å². The highest BCUT2D eigenvalue weighted by molar-refractivity contribution is 7.98. The van der Waals surface area contributed by atoms with Gasteiger partial charge in [-0.3, -0.25) is 9.59 Å². The SMILES string of the molecule is CSCCC(=O)Nc1cccc(OCC(N)=O)c1. The van der Waals surface area contributed by atoms with Crippen LogP contribution in [0.1, 0.15) is 6.42 Å². The van der Waals surface area contributed by atoms with Crippen molar-refractivity contribution in [1.82, 2.24) is 0 Å². The predicted molar refractivity (Wildman–Crippen MR) is 72.8 cm³/mol. The molecule has 2 amide bonds. The van der Waals surface area contributed by atoms with Crippen molar-refractivity contribution in [3.8, 4) is 5.75 Å². The van der Waals surface area contributed by atoms with Crippen molar-refractivity contribution in [3.05, 3.63) is 24.3 Å². The smallest absolute Gasteiger partial charge is 0.255 e. The zero-order valence-corrected chi connectivity index (χ0v) is 11.0.